The van der Waals surface area contributed by atoms with E-state index in [1.807, 2.05) is 13.0 Å². The van der Waals surface area contributed by atoms with Gasteiger partial charge in [0.05, 0.1) is 17.2 Å². The van der Waals surface area contributed by atoms with Gasteiger partial charge in [-0.2, -0.15) is 0 Å². The molecule has 0 atom stereocenters. The molecule has 0 spiro atoms. The summed E-state index contributed by atoms with van der Waals surface area (Å²) < 4.78 is 9.13. The van der Waals surface area contributed by atoms with Gasteiger partial charge in [0.1, 0.15) is 6.61 Å². The van der Waals surface area contributed by atoms with Crippen molar-refractivity contribution in [1.82, 2.24) is 0 Å². The maximum Gasteiger partial charge on any atom is 0.543 e. The van der Waals surface area contributed by atoms with Crippen LogP contribution in [-0.2, 0) is 24.3 Å². The zero-order chi connectivity index (χ0) is 14.1. The van der Waals surface area contributed by atoms with Gasteiger partial charge in [0, 0.05) is 7.11 Å². The molecule has 0 aliphatic heterocycles. The van der Waals surface area contributed by atoms with Crippen LogP contribution in [0.1, 0.15) is 15.9 Å². The van der Waals surface area contributed by atoms with E-state index in [2.05, 4.69) is 24.3 Å². The Morgan fingerprint density at radius 2 is 1.95 bits per heavy atom. The third-order valence-corrected chi connectivity index (χ3v) is 1.97. The molecule has 1 rings (SSSR count). The van der Waals surface area contributed by atoms with E-state index >= 15 is 0 Å². The van der Waals surface area contributed by atoms with Crippen molar-refractivity contribution >= 4 is 12.1 Å². The minimum absolute atomic E-state index is 0.00448. The van der Waals surface area contributed by atoms with Crippen molar-refractivity contribution in [2.45, 2.75) is 6.92 Å². The molecule has 0 heterocycles. The minimum atomic E-state index is -1.13. The molecule has 0 unspecified atom stereocenters. The predicted octanol–water partition coefficient (Wildman–Crippen LogP) is 1.80. The normalized spacial score (nSPS) is 9.79. The highest BCUT2D eigenvalue weighted by atomic mass is 17.5. The van der Waals surface area contributed by atoms with Gasteiger partial charge in [-0.3, -0.25) is 4.89 Å². The standard InChI is InChI=1S/C12H14O7/c1-9-4-3-5-10(8-9)11(13)17-19-18-12(14)16-7-6-15-2/h3-5,8H,6-7H2,1-2H3. The van der Waals surface area contributed by atoms with Crippen LogP contribution in [0.2, 0.25) is 0 Å². The van der Waals surface area contributed by atoms with E-state index in [0.29, 0.717) is 0 Å². The van der Waals surface area contributed by atoms with Crippen LogP contribution in [0.3, 0.4) is 0 Å². The molecule has 0 aliphatic rings. The van der Waals surface area contributed by atoms with E-state index in [0.717, 1.165) is 5.56 Å². The summed E-state index contributed by atoms with van der Waals surface area (Å²) in [4.78, 5) is 30.6. The highest BCUT2D eigenvalue weighted by molar-refractivity contribution is 5.89. The van der Waals surface area contributed by atoms with E-state index in [-0.39, 0.29) is 18.8 Å². The molecule has 0 aliphatic carbocycles. The second kappa shape index (κ2) is 8.06. The average molecular weight is 270 g/mol. The van der Waals surface area contributed by atoms with Crippen LogP contribution in [-0.4, -0.2) is 32.4 Å². The highest BCUT2D eigenvalue weighted by Gasteiger charge is 2.11. The number of carbonyl (C=O) groups excluding carboxylic acids is 2. The Labute approximate surface area is 109 Å². The number of carbonyl (C=O) groups is 2. The lowest BCUT2D eigenvalue weighted by Crippen LogP contribution is -2.14. The summed E-state index contributed by atoms with van der Waals surface area (Å²) in [5.41, 5.74) is 1.16. The lowest BCUT2D eigenvalue weighted by Gasteiger charge is -2.03. The van der Waals surface area contributed by atoms with Gasteiger partial charge in [-0.1, -0.05) is 17.7 Å². The quantitative estimate of drug-likeness (QED) is 0.337. The number of hydrogen-bond acceptors (Lipinski definition) is 7. The number of hydrogen-bond donors (Lipinski definition) is 0. The number of methoxy groups -OCH3 is 1. The fourth-order valence-corrected chi connectivity index (χ4v) is 1.13. The molecule has 0 N–H and O–H groups in total. The molecule has 0 saturated carbocycles. The summed E-state index contributed by atoms with van der Waals surface area (Å²) in [6.45, 7) is 2.05. The van der Waals surface area contributed by atoms with Gasteiger partial charge in [-0.05, 0) is 19.1 Å². The Bertz CT molecular complexity index is 430. The monoisotopic (exact) mass is 270 g/mol. The fraction of sp³-hybridized carbons (Fsp3) is 0.333. The lowest BCUT2D eigenvalue weighted by atomic mass is 10.1. The first kappa shape index (κ1) is 14.9. The van der Waals surface area contributed by atoms with Crippen LogP contribution < -0.4 is 0 Å². The van der Waals surface area contributed by atoms with Crippen LogP contribution in [0.25, 0.3) is 0 Å². The first-order chi connectivity index (χ1) is 9.13. The predicted molar refractivity (Wildman–Crippen MR) is 62.0 cm³/mol. The summed E-state index contributed by atoms with van der Waals surface area (Å²) in [5.74, 6) is -0.784. The smallest absolute Gasteiger partial charge is 0.430 e. The molecule has 0 fully saturated rings. The van der Waals surface area contributed by atoms with Crippen LogP contribution >= 0.6 is 0 Å². The van der Waals surface area contributed by atoms with Crippen molar-refractivity contribution in [2.75, 3.05) is 20.3 Å². The van der Waals surface area contributed by atoms with Gasteiger partial charge < -0.3 is 9.47 Å². The minimum Gasteiger partial charge on any atom is -0.430 e. The summed E-state index contributed by atoms with van der Waals surface area (Å²) in [5, 5.41) is 4.02. The van der Waals surface area contributed by atoms with Crippen molar-refractivity contribution in [2.24, 2.45) is 0 Å². The topological polar surface area (TPSA) is 80.3 Å². The van der Waals surface area contributed by atoms with E-state index in [4.69, 9.17) is 0 Å². The van der Waals surface area contributed by atoms with E-state index in [9.17, 15) is 9.59 Å². The molecule has 0 amide bonds. The van der Waals surface area contributed by atoms with Gasteiger partial charge in [0.2, 0.25) is 0 Å². The van der Waals surface area contributed by atoms with Crippen molar-refractivity contribution in [3.05, 3.63) is 35.4 Å². The molecular formula is C12H14O7. The number of ether oxygens (including phenoxy) is 2. The van der Waals surface area contributed by atoms with Crippen LogP contribution in [0.15, 0.2) is 24.3 Å². The molecule has 1 aromatic rings. The van der Waals surface area contributed by atoms with Gasteiger partial charge in [-0.25, -0.2) is 14.5 Å². The van der Waals surface area contributed by atoms with Crippen LogP contribution in [0.4, 0.5) is 4.79 Å². The number of benzene rings is 1. The molecule has 19 heavy (non-hydrogen) atoms. The summed E-state index contributed by atoms with van der Waals surface area (Å²) >= 11 is 0. The van der Waals surface area contributed by atoms with Crippen molar-refractivity contribution in [3.8, 4) is 0 Å². The maximum absolute atomic E-state index is 11.4. The Hall–Kier alpha value is -2.12. The van der Waals surface area contributed by atoms with E-state index in [1.54, 1.807) is 12.1 Å². The van der Waals surface area contributed by atoms with Crippen molar-refractivity contribution in [3.63, 3.8) is 0 Å². The molecule has 7 nitrogen and oxygen atoms in total. The molecule has 0 radical (unpaired) electrons. The summed E-state index contributed by atoms with van der Waals surface area (Å²) in [6.07, 6.45) is -1.13. The Kier molecular flexibility index (Phi) is 6.34. The second-order valence-corrected chi connectivity index (χ2v) is 3.48. The van der Waals surface area contributed by atoms with Crippen LogP contribution in [0.5, 0.6) is 0 Å². The molecule has 0 bridgehead atoms. The molecule has 0 saturated heterocycles. The first-order valence-corrected chi connectivity index (χ1v) is 5.41. The Morgan fingerprint density at radius 3 is 2.63 bits per heavy atom. The molecular weight excluding hydrogens is 256 g/mol. The van der Waals surface area contributed by atoms with Crippen LogP contribution in [0, 0.1) is 6.92 Å². The Morgan fingerprint density at radius 1 is 1.16 bits per heavy atom. The average Bonchev–Trinajstić information content (AvgIpc) is 2.39. The zero-order valence-electron chi connectivity index (χ0n) is 10.6. The lowest BCUT2D eigenvalue weighted by molar-refractivity contribution is -0.452. The maximum atomic E-state index is 11.4. The van der Waals surface area contributed by atoms with Gasteiger partial charge in [0.25, 0.3) is 0 Å². The molecule has 104 valence electrons. The summed E-state index contributed by atoms with van der Waals surface area (Å²) in [6, 6.07) is 6.64. The third kappa shape index (κ3) is 5.84. The second-order valence-electron chi connectivity index (χ2n) is 3.48. The van der Waals surface area contributed by atoms with E-state index < -0.39 is 12.1 Å². The van der Waals surface area contributed by atoms with Gasteiger partial charge in [0.15, 0.2) is 0 Å². The highest BCUT2D eigenvalue weighted by Crippen LogP contribution is 2.06. The fourth-order valence-electron chi connectivity index (χ4n) is 1.13. The number of aryl methyl sites for hydroxylation is 1. The molecule has 1 aromatic carbocycles. The zero-order valence-corrected chi connectivity index (χ0v) is 10.6. The molecule has 0 aromatic heterocycles. The Balaban J connectivity index is 2.25. The van der Waals surface area contributed by atoms with E-state index in [1.165, 1.54) is 13.2 Å². The molecule has 7 heteroatoms. The third-order valence-electron chi connectivity index (χ3n) is 1.97. The number of rotatable bonds is 6. The summed E-state index contributed by atoms with van der Waals surface area (Å²) in [7, 11) is 1.45. The van der Waals surface area contributed by atoms with Crippen molar-refractivity contribution in [1.29, 1.82) is 0 Å². The SMILES string of the molecule is COCCOC(=O)OOOC(=O)c1cccc(C)c1. The largest absolute Gasteiger partial charge is 0.543 e. The first-order valence-electron chi connectivity index (χ1n) is 5.41. The van der Waals surface area contributed by atoms with Gasteiger partial charge >= 0.3 is 12.1 Å². The van der Waals surface area contributed by atoms with Gasteiger partial charge in [-0.15, -0.1) is 0 Å². The van der Waals surface area contributed by atoms with Crippen molar-refractivity contribution < 1.29 is 33.9 Å².